The third kappa shape index (κ3) is 1.65. The highest BCUT2D eigenvalue weighted by atomic mass is 19.1. The SMILES string of the molecule is Cc1cc(F)ccc1-n1nncc1C(=O)O. The summed E-state index contributed by atoms with van der Waals surface area (Å²) in [6, 6.07) is 4.02. The Morgan fingerprint density at radius 1 is 1.50 bits per heavy atom. The molecular weight excluding hydrogens is 213 g/mol. The average molecular weight is 221 g/mol. The van der Waals surface area contributed by atoms with Crippen LogP contribution in [0.5, 0.6) is 0 Å². The molecule has 0 aliphatic heterocycles. The summed E-state index contributed by atoms with van der Waals surface area (Å²) in [4.78, 5) is 10.9. The molecule has 0 saturated heterocycles. The van der Waals surface area contributed by atoms with Crippen LogP contribution in [-0.4, -0.2) is 26.1 Å². The van der Waals surface area contributed by atoms with Crippen molar-refractivity contribution in [3.8, 4) is 5.69 Å². The Balaban J connectivity index is 2.59. The van der Waals surface area contributed by atoms with Crippen molar-refractivity contribution in [3.63, 3.8) is 0 Å². The molecule has 0 bridgehead atoms. The Bertz CT molecular complexity index is 551. The quantitative estimate of drug-likeness (QED) is 0.832. The Labute approximate surface area is 90.1 Å². The van der Waals surface area contributed by atoms with Crippen molar-refractivity contribution in [3.05, 3.63) is 41.5 Å². The van der Waals surface area contributed by atoms with Crippen LogP contribution in [0.3, 0.4) is 0 Å². The van der Waals surface area contributed by atoms with Gasteiger partial charge in [-0.3, -0.25) is 0 Å². The molecule has 0 spiro atoms. The molecule has 6 heteroatoms. The first kappa shape index (κ1) is 10.3. The summed E-state index contributed by atoms with van der Waals surface area (Å²) in [5.74, 6) is -1.51. The number of benzene rings is 1. The highest BCUT2D eigenvalue weighted by molar-refractivity contribution is 5.85. The highest BCUT2D eigenvalue weighted by Gasteiger charge is 2.14. The van der Waals surface area contributed by atoms with Gasteiger partial charge in [-0.15, -0.1) is 5.10 Å². The topological polar surface area (TPSA) is 68.0 Å². The number of hydrogen-bond donors (Lipinski definition) is 1. The molecule has 0 radical (unpaired) electrons. The van der Waals surface area contributed by atoms with E-state index < -0.39 is 5.97 Å². The summed E-state index contributed by atoms with van der Waals surface area (Å²) < 4.78 is 14.1. The van der Waals surface area contributed by atoms with Gasteiger partial charge in [0.1, 0.15) is 5.82 Å². The van der Waals surface area contributed by atoms with Gasteiger partial charge in [0, 0.05) is 0 Å². The summed E-state index contributed by atoms with van der Waals surface area (Å²) in [6.07, 6.45) is 1.14. The van der Waals surface area contributed by atoms with Crippen LogP contribution in [0.4, 0.5) is 4.39 Å². The van der Waals surface area contributed by atoms with Crippen LogP contribution in [-0.2, 0) is 0 Å². The number of nitrogens with zero attached hydrogens (tertiary/aromatic N) is 3. The van der Waals surface area contributed by atoms with Gasteiger partial charge in [0.15, 0.2) is 5.69 Å². The monoisotopic (exact) mass is 221 g/mol. The van der Waals surface area contributed by atoms with Gasteiger partial charge in [-0.2, -0.15) is 0 Å². The number of hydrogen-bond acceptors (Lipinski definition) is 3. The van der Waals surface area contributed by atoms with Crippen molar-refractivity contribution in [1.29, 1.82) is 0 Å². The first-order chi connectivity index (χ1) is 7.59. The second-order valence-corrected chi connectivity index (χ2v) is 3.27. The van der Waals surface area contributed by atoms with E-state index in [1.54, 1.807) is 6.92 Å². The molecule has 1 aromatic heterocycles. The van der Waals surface area contributed by atoms with E-state index in [0.29, 0.717) is 11.3 Å². The fourth-order valence-electron chi connectivity index (χ4n) is 1.42. The van der Waals surface area contributed by atoms with Gasteiger partial charge in [-0.05, 0) is 30.7 Å². The van der Waals surface area contributed by atoms with Crippen LogP contribution in [0.1, 0.15) is 16.1 Å². The fourth-order valence-corrected chi connectivity index (χ4v) is 1.42. The number of carbonyl (C=O) groups is 1. The summed E-state index contributed by atoms with van der Waals surface area (Å²) in [7, 11) is 0. The zero-order valence-corrected chi connectivity index (χ0v) is 8.38. The molecule has 0 saturated carbocycles. The van der Waals surface area contributed by atoms with Gasteiger partial charge < -0.3 is 5.11 Å². The van der Waals surface area contributed by atoms with Crippen LogP contribution >= 0.6 is 0 Å². The lowest BCUT2D eigenvalue weighted by atomic mass is 10.2. The summed E-state index contributed by atoms with van der Waals surface area (Å²) >= 11 is 0. The predicted molar refractivity (Wildman–Crippen MR) is 53.0 cm³/mol. The molecule has 0 aliphatic rings. The molecule has 82 valence electrons. The zero-order chi connectivity index (χ0) is 11.7. The van der Waals surface area contributed by atoms with Gasteiger partial charge in [-0.1, -0.05) is 5.21 Å². The number of carboxylic acid groups (broad SMARTS) is 1. The zero-order valence-electron chi connectivity index (χ0n) is 8.38. The Morgan fingerprint density at radius 2 is 2.25 bits per heavy atom. The van der Waals surface area contributed by atoms with Crippen LogP contribution in [0.2, 0.25) is 0 Å². The van der Waals surface area contributed by atoms with Gasteiger partial charge in [0.05, 0.1) is 11.9 Å². The second kappa shape index (κ2) is 3.73. The molecule has 0 atom stereocenters. The van der Waals surface area contributed by atoms with E-state index in [-0.39, 0.29) is 11.5 Å². The van der Waals surface area contributed by atoms with E-state index in [2.05, 4.69) is 10.3 Å². The first-order valence-electron chi connectivity index (χ1n) is 4.50. The fraction of sp³-hybridized carbons (Fsp3) is 0.100. The van der Waals surface area contributed by atoms with Crippen LogP contribution in [0.25, 0.3) is 5.69 Å². The third-order valence-corrected chi connectivity index (χ3v) is 2.16. The van der Waals surface area contributed by atoms with E-state index in [1.807, 2.05) is 0 Å². The Hall–Kier alpha value is -2.24. The van der Waals surface area contributed by atoms with E-state index in [9.17, 15) is 9.18 Å². The van der Waals surface area contributed by atoms with Gasteiger partial charge in [-0.25, -0.2) is 13.9 Å². The second-order valence-electron chi connectivity index (χ2n) is 3.27. The maximum atomic E-state index is 12.9. The van der Waals surface area contributed by atoms with Gasteiger partial charge in [0.2, 0.25) is 0 Å². The smallest absolute Gasteiger partial charge is 0.356 e. The number of rotatable bonds is 2. The highest BCUT2D eigenvalue weighted by Crippen LogP contribution is 2.15. The standard InChI is InChI=1S/C10H8FN3O2/c1-6-4-7(11)2-3-8(6)14-9(10(15)16)5-12-13-14/h2-5H,1H3,(H,15,16). The molecule has 2 rings (SSSR count). The minimum Gasteiger partial charge on any atom is -0.476 e. The number of halogens is 1. The normalized spacial score (nSPS) is 10.4. The summed E-state index contributed by atoms with van der Waals surface area (Å²) in [5.41, 5.74) is 1.03. The number of carboxylic acids is 1. The van der Waals surface area contributed by atoms with Crippen molar-refractivity contribution in [2.75, 3.05) is 0 Å². The molecule has 5 nitrogen and oxygen atoms in total. The maximum Gasteiger partial charge on any atom is 0.356 e. The molecule has 1 N–H and O–H groups in total. The molecule has 1 heterocycles. The molecule has 0 aliphatic carbocycles. The van der Waals surface area contributed by atoms with Crippen LogP contribution in [0, 0.1) is 12.7 Å². The van der Waals surface area contributed by atoms with Gasteiger partial charge in [0.25, 0.3) is 0 Å². The Kier molecular flexibility index (Phi) is 2.40. The molecule has 0 fully saturated rings. The van der Waals surface area contributed by atoms with Crippen LogP contribution < -0.4 is 0 Å². The molecule has 0 amide bonds. The molecule has 2 aromatic rings. The Morgan fingerprint density at radius 3 is 2.88 bits per heavy atom. The average Bonchev–Trinajstić information content (AvgIpc) is 2.66. The lowest BCUT2D eigenvalue weighted by molar-refractivity contribution is 0.0687. The van der Waals surface area contributed by atoms with Crippen LogP contribution in [0.15, 0.2) is 24.4 Å². The summed E-state index contributed by atoms with van der Waals surface area (Å²) in [6.45, 7) is 1.67. The number of aromatic nitrogens is 3. The predicted octanol–water partition coefficient (Wildman–Crippen LogP) is 1.41. The van der Waals surface area contributed by atoms with Crippen molar-refractivity contribution in [2.45, 2.75) is 6.92 Å². The van der Waals surface area contributed by atoms with Crippen molar-refractivity contribution in [1.82, 2.24) is 15.0 Å². The number of aromatic carboxylic acids is 1. The lowest BCUT2D eigenvalue weighted by Gasteiger charge is -2.06. The van der Waals surface area contributed by atoms with Crippen molar-refractivity contribution in [2.24, 2.45) is 0 Å². The maximum absolute atomic E-state index is 12.9. The largest absolute Gasteiger partial charge is 0.476 e. The minimum absolute atomic E-state index is 0.0605. The van der Waals surface area contributed by atoms with Crippen molar-refractivity contribution >= 4 is 5.97 Å². The van der Waals surface area contributed by atoms with Crippen molar-refractivity contribution < 1.29 is 14.3 Å². The minimum atomic E-state index is -1.13. The van der Waals surface area contributed by atoms with E-state index in [0.717, 1.165) is 10.9 Å². The molecule has 1 aromatic carbocycles. The van der Waals surface area contributed by atoms with E-state index in [4.69, 9.17) is 5.11 Å². The number of aryl methyl sites for hydroxylation is 1. The molecule has 0 unspecified atom stereocenters. The summed E-state index contributed by atoms with van der Waals surface area (Å²) in [5, 5.41) is 16.1. The molecular formula is C10H8FN3O2. The van der Waals surface area contributed by atoms with E-state index in [1.165, 1.54) is 18.2 Å². The lowest BCUT2D eigenvalue weighted by Crippen LogP contribution is -2.09. The first-order valence-corrected chi connectivity index (χ1v) is 4.50. The third-order valence-electron chi connectivity index (χ3n) is 2.16. The molecule has 16 heavy (non-hydrogen) atoms. The van der Waals surface area contributed by atoms with E-state index >= 15 is 0 Å². The van der Waals surface area contributed by atoms with Gasteiger partial charge >= 0.3 is 5.97 Å².